The molecule has 1 atom stereocenters. The van der Waals surface area contributed by atoms with Gasteiger partial charge in [-0.15, -0.1) is 11.6 Å². The van der Waals surface area contributed by atoms with Crippen LogP contribution in [0.1, 0.15) is 34.3 Å². The molecule has 1 aliphatic heterocycles. The van der Waals surface area contributed by atoms with Crippen molar-refractivity contribution in [1.82, 2.24) is 4.90 Å². The minimum absolute atomic E-state index is 0.174. The molecule has 1 fully saturated rings. The van der Waals surface area contributed by atoms with Crippen LogP contribution in [-0.4, -0.2) is 29.8 Å². The quantitative estimate of drug-likeness (QED) is 0.767. The fraction of sp³-hybridized carbons (Fsp3) is 0.533. The Labute approximate surface area is 114 Å². The van der Waals surface area contributed by atoms with Crippen molar-refractivity contribution in [2.24, 2.45) is 5.92 Å². The van der Waals surface area contributed by atoms with Crippen LogP contribution in [0.25, 0.3) is 0 Å². The van der Waals surface area contributed by atoms with Crippen molar-refractivity contribution in [2.75, 3.05) is 19.0 Å². The molecular formula is C15H20ClNO. The average Bonchev–Trinajstić information content (AvgIpc) is 2.80. The predicted octanol–water partition coefficient (Wildman–Crippen LogP) is 3.39. The molecular weight excluding hydrogens is 246 g/mol. The molecule has 0 bridgehead atoms. The minimum atomic E-state index is 0.174. The average molecular weight is 266 g/mol. The van der Waals surface area contributed by atoms with E-state index in [4.69, 9.17) is 11.6 Å². The molecule has 0 N–H and O–H groups in total. The fourth-order valence-electron chi connectivity index (χ4n) is 2.54. The van der Waals surface area contributed by atoms with E-state index in [-0.39, 0.29) is 5.91 Å². The number of aryl methyl sites for hydroxylation is 2. The molecule has 18 heavy (non-hydrogen) atoms. The Morgan fingerprint density at radius 2 is 2.22 bits per heavy atom. The number of carbonyl (C=O) groups is 1. The Hall–Kier alpha value is -1.02. The minimum Gasteiger partial charge on any atom is -0.338 e. The number of alkyl halides is 1. The molecule has 3 heteroatoms. The van der Waals surface area contributed by atoms with Crippen molar-refractivity contribution in [1.29, 1.82) is 0 Å². The Morgan fingerprint density at radius 1 is 1.44 bits per heavy atom. The highest BCUT2D eigenvalue weighted by molar-refractivity contribution is 6.17. The fourth-order valence-corrected chi connectivity index (χ4v) is 2.85. The molecule has 0 saturated carbocycles. The molecule has 2 nitrogen and oxygen atoms in total. The molecule has 1 amide bonds. The Balaban J connectivity index is 2.10. The summed E-state index contributed by atoms with van der Waals surface area (Å²) in [6.45, 7) is 5.75. The first-order chi connectivity index (χ1) is 8.61. The third-order valence-electron chi connectivity index (χ3n) is 3.71. The van der Waals surface area contributed by atoms with Crippen LogP contribution >= 0.6 is 11.6 Å². The first-order valence-corrected chi connectivity index (χ1v) is 7.07. The summed E-state index contributed by atoms with van der Waals surface area (Å²) in [5, 5.41) is 0. The number of halogens is 1. The van der Waals surface area contributed by atoms with Crippen LogP contribution in [0.5, 0.6) is 0 Å². The lowest BCUT2D eigenvalue weighted by Gasteiger charge is -2.18. The van der Waals surface area contributed by atoms with Gasteiger partial charge in [0.25, 0.3) is 5.91 Å². The van der Waals surface area contributed by atoms with Crippen LogP contribution in [0, 0.1) is 19.8 Å². The molecule has 1 saturated heterocycles. The smallest absolute Gasteiger partial charge is 0.254 e. The van der Waals surface area contributed by atoms with Crippen LogP contribution in [0.4, 0.5) is 0 Å². The van der Waals surface area contributed by atoms with Gasteiger partial charge in [-0.3, -0.25) is 4.79 Å². The lowest BCUT2D eigenvalue weighted by Crippen LogP contribution is -2.29. The summed E-state index contributed by atoms with van der Waals surface area (Å²) in [5.74, 6) is 1.45. The summed E-state index contributed by atoms with van der Waals surface area (Å²) in [6.07, 6.45) is 2.10. The van der Waals surface area contributed by atoms with E-state index in [1.54, 1.807) is 0 Å². The van der Waals surface area contributed by atoms with E-state index in [0.717, 1.165) is 42.6 Å². The number of nitrogens with zero attached hydrogens (tertiary/aromatic N) is 1. The second-order valence-electron chi connectivity index (χ2n) is 5.20. The number of benzene rings is 1. The van der Waals surface area contributed by atoms with Gasteiger partial charge in [-0.25, -0.2) is 0 Å². The van der Waals surface area contributed by atoms with E-state index in [2.05, 4.69) is 0 Å². The van der Waals surface area contributed by atoms with Crippen molar-refractivity contribution in [3.05, 3.63) is 34.9 Å². The molecule has 1 heterocycles. The van der Waals surface area contributed by atoms with Gasteiger partial charge in [0.05, 0.1) is 0 Å². The maximum atomic E-state index is 12.5. The highest BCUT2D eigenvalue weighted by Crippen LogP contribution is 2.23. The third kappa shape index (κ3) is 2.86. The number of rotatable bonds is 3. The SMILES string of the molecule is Cc1ccc(C)c(C(=O)N2CCC(CCCl)C2)c1. The van der Waals surface area contributed by atoms with Crippen LogP contribution in [-0.2, 0) is 0 Å². The molecule has 0 spiro atoms. The molecule has 2 rings (SSSR count). The molecule has 1 aromatic rings. The van der Waals surface area contributed by atoms with Gasteiger partial charge in [0.15, 0.2) is 0 Å². The van der Waals surface area contributed by atoms with Gasteiger partial charge in [0.1, 0.15) is 0 Å². The maximum absolute atomic E-state index is 12.5. The Bertz CT molecular complexity index is 444. The van der Waals surface area contributed by atoms with Gasteiger partial charge in [0.2, 0.25) is 0 Å². The topological polar surface area (TPSA) is 20.3 Å². The second kappa shape index (κ2) is 5.75. The van der Waals surface area contributed by atoms with Crippen LogP contribution in [0.15, 0.2) is 18.2 Å². The highest BCUT2D eigenvalue weighted by atomic mass is 35.5. The van der Waals surface area contributed by atoms with E-state index in [9.17, 15) is 4.79 Å². The van der Waals surface area contributed by atoms with Crippen LogP contribution in [0.2, 0.25) is 0 Å². The summed E-state index contributed by atoms with van der Waals surface area (Å²) in [4.78, 5) is 14.4. The second-order valence-corrected chi connectivity index (χ2v) is 5.58. The maximum Gasteiger partial charge on any atom is 0.254 e. The number of hydrogen-bond donors (Lipinski definition) is 0. The summed E-state index contributed by atoms with van der Waals surface area (Å²) in [5.41, 5.74) is 3.05. The lowest BCUT2D eigenvalue weighted by molar-refractivity contribution is 0.0786. The van der Waals surface area contributed by atoms with E-state index >= 15 is 0 Å². The zero-order valence-electron chi connectivity index (χ0n) is 11.1. The summed E-state index contributed by atoms with van der Waals surface area (Å²) in [6, 6.07) is 6.06. The number of amides is 1. The van der Waals surface area contributed by atoms with Crippen molar-refractivity contribution in [3.8, 4) is 0 Å². The molecule has 0 aromatic heterocycles. The van der Waals surface area contributed by atoms with Gasteiger partial charge < -0.3 is 4.90 Å². The summed E-state index contributed by atoms with van der Waals surface area (Å²) < 4.78 is 0. The normalized spacial score (nSPS) is 19.3. The Kier molecular flexibility index (Phi) is 4.28. The van der Waals surface area contributed by atoms with Crippen molar-refractivity contribution < 1.29 is 4.79 Å². The number of carbonyl (C=O) groups excluding carboxylic acids is 1. The van der Waals surface area contributed by atoms with Crippen LogP contribution < -0.4 is 0 Å². The standard InChI is InChI=1S/C15H20ClNO/c1-11-3-4-12(2)14(9-11)15(18)17-8-6-13(10-17)5-7-16/h3-4,9,13H,5-8,10H2,1-2H3. The molecule has 0 aliphatic carbocycles. The third-order valence-corrected chi connectivity index (χ3v) is 3.93. The van der Waals surface area contributed by atoms with Crippen molar-refractivity contribution in [3.63, 3.8) is 0 Å². The highest BCUT2D eigenvalue weighted by Gasteiger charge is 2.27. The van der Waals surface area contributed by atoms with E-state index < -0.39 is 0 Å². The zero-order valence-corrected chi connectivity index (χ0v) is 11.8. The summed E-state index contributed by atoms with van der Waals surface area (Å²) >= 11 is 5.77. The molecule has 1 unspecified atom stereocenters. The van der Waals surface area contributed by atoms with E-state index in [1.165, 1.54) is 0 Å². The molecule has 1 aromatic carbocycles. The van der Waals surface area contributed by atoms with Gasteiger partial charge in [-0.2, -0.15) is 0 Å². The Morgan fingerprint density at radius 3 is 2.94 bits per heavy atom. The van der Waals surface area contributed by atoms with Crippen molar-refractivity contribution >= 4 is 17.5 Å². The monoisotopic (exact) mass is 265 g/mol. The van der Waals surface area contributed by atoms with Gasteiger partial charge >= 0.3 is 0 Å². The lowest BCUT2D eigenvalue weighted by atomic mass is 10.0. The van der Waals surface area contributed by atoms with Crippen LogP contribution in [0.3, 0.4) is 0 Å². The van der Waals surface area contributed by atoms with Gasteiger partial charge in [-0.05, 0) is 44.2 Å². The summed E-state index contributed by atoms with van der Waals surface area (Å²) in [7, 11) is 0. The number of hydrogen-bond acceptors (Lipinski definition) is 1. The first-order valence-electron chi connectivity index (χ1n) is 6.54. The predicted molar refractivity (Wildman–Crippen MR) is 75.3 cm³/mol. The van der Waals surface area contributed by atoms with E-state index in [0.29, 0.717) is 11.8 Å². The zero-order chi connectivity index (χ0) is 13.1. The molecule has 98 valence electrons. The largest absolute Gasteiger partial charge is 0.338 e. The van der Waals surface area contributed by atoms with Crippen molar-refractivity contribution in [2.45, 2.75) is 26.7 Å². The van der Waals surface area contributed by atoms with Gasteiger partial charge in [0, 0.05) is 24.5 Å². The number of likely N-dealkylation sites (tertiary alicyclic amines) is 1. The van der Waals surface area contributed by atoms with E-state index in [1.807, 2.05) is 36.9 Å². The molecule has 1 aliphatic rings. The van der Waals surface area contributed by atoms with Gasteiger partial charge in [-0.1, -0.05) is 17.7 Å². The first kappa shape index (κ1) is 13.4. The molecule has 0 radical (unpaired) electrons.